The van der Waals surface area contributed by atoms with Crippen molar-refractivity contribution in [1.29, 1.82) is 0 Å². The molecule has 2 fully saturated rings. The first kappa shape index (κ1) is 29.2. The van der Waals surface area contributed by atoms with Crippen LogP contribution in [0.15, 0.2) is 45.6 Å². The molecule has 0 saturated carbocycles. The molecule has 2 aliphatic rings. The van der Waals surface area contributed by atoms with Gasteiger partial charge in [0, 0.05) is 17.7 Å². The van der Waals surface area contributed by atoms with E-state index in [2.05, 4.69) is 0 Å². The Labute approximate surface area is 229 Å². The van der Waals surface area contributed by atoms with E-state index in [9.17, 15) is 55.9 Å². The average molecular weight is 580 g/mol. The van der Waals surface area contributed by atoms with E-state index in [1.165, 1.54) is 24.3 Å². The molecule has 0 spiro atoms. The van der Waals surface area contributed by atoms with E-state index in [1.54, 1.807) is 0 Å². The van der Waals surface area contributed by atoms with E-state index in [0.29, 0.717) is 5.56 Å². The molecule has 0 radical (unpaired) electrons. The van der Waals surface area contributed by atoms with E-state index in [0.717, 1.165) is 12.1 Å². The van der Waals surface area contributed by atoms with Crippen molar-refractivity contribution in [2.45, 2.75) is 61.4 Å². The number of phenolic OH excluding ortho intramolecular Hbond substituents is 2. The van der Waals surface area contributed by atoms with Gasteiger partial charge in [0.15, 0.2) is 11.7 Å². The third kappa shape index (κ3) is 5.13. The zero-order valence-electron chi connectivity index (χ0n) is 21.0. The van der Waals surface area contributed by atoms with E-state index < -0.39 is 95.9 Å². The van der Waals surface area contributed by atoms with Crippen molar-refractivity contribution in [3.05, 3.63) is 52.2 Å². The molecular weight excluding hydrogens is 552 g/mol. The Morgan fingerprint density at radius 3 is 2.10 bits per heavy atom. The molecule has 10 unspecified atom stereocenters. The highest BCUT2D eigenvalue weighted by molar-refractivity contribution is 5.88. The lowest BCUT2D eigenvalue weighted by Gasteiger charge is -2.41. The van der Waals surface area contributed by atoms with Crippen LogP contribution >= 0.6 is 0 Å². The fourth-order valence-electron chi connectivity index (χ4n) is 4.82. The SMILES string of the molecule is O=c1cc(-c2ccc(O)cc2)oc2cc(OC3OC(CO)C(O)C(O)C3O)c(C3OC(O)C(O)C(O)C3O)c(O)c12. The van der Waals surface area contributed by atoms with E-state index in [-0.39, 0.29) is 17.1 Å². The van der Waals surface area contributed by atoms with Gasteiger partial charge in [-0.25, -0.2) is 0 Å². The van der Waals surface area contributed by atoms with Gasteiger partial charge in [-0.05, 0) is 24.3 Å². The number of phenols is 2. The smallest absolute Gasteiger partial charge is 0.229 e. The maximum absolute atomic E-state index is 13.2. The second kappa shape index (κ2) is 11.1. The Balaban J connectivity index is 1.68. The lowest BCUT2D eigenvalue weighted by Crippen LogP contribution is -2.60. The number of rotatable bonds is 5. The van der Waals surface area contributed by atoms with Gasteiger partial charge in [-0.2, -0.15) is 0 Å². The highest BCUT2D eigenvalue weighted by Gasteiger charge is 2.48. The maximum Gasteiger partial charge on any atom is 0.229 e. The summed E-state index contributed by atoms with van der Waals surface area (Å²) in [5, 5.41) is 102. The topological polar surface area (TPSA) is 260 Å². The van der Waals surface area contributed by atoms with Gasteiger partial charge in [-0.3, -0.25) is 4.79 Å². The summed E-state index contributed by atoms with van der Waals surface area (Å²) in [6, 6.07) is 7.71. The molecule has 1 aromatic heterocycles. The molecule has 15 nitrogen and oxygen atoms in total. The molecule has 0 bridgehead atoms. The van der Waals surface area contributed by atoms with Crippen LogP contribution < -0.4 is 10.2 Å². The number of hydrogen-bond donors (Lipinski definition) is 10. The summed E-state index contributed by atoms with van der Waals surface area (Å²) in [5.74, 6) is -1.41. The summed E-state index contributed by atoms with van der Waals surface area (Å²) < 4.78 is 22.1. The number of aliphatic hydroxyl groups excluding tert-OH is 8. The Morgan fingerprint density at radius 1 is 0.780 bits per heavy atom. The predicted octanol–water partition coefficient (Wildman–Crippen LogP) is -2.48. The second-order valence-corrected chi connectivity index (χ2v) is 9.77. The van der Waals surface area contributed by atoms with Crippen molar-refractivity contribution in [2.24, 2.45) is 0 Å². The normalized spacial score (nSPS) is 34.0. The molecule has 0 amide bonds. The van der Waals surface area contributed by atoms with Crippen LogP contribution in [0.2, 0.25) is 0 Å². The Kier molecular flexibility index (Phi) is 7.92. The van der Waals surface area contributed by atoms with Crippen LogP contribution in [0.1, 0.15) is 11.7 Å². The molecule has 5 rings (SSSR count). The van der Waals surface area contributed by atoms with Crippen molar-refractivity contribution >= 4 is 11.0 Å². The first-order chi connectivity index (χ1) is 19.4. The molecule has 2 saturated heterocycles. The molecule has 10 N–H and O–H groups in total. The van der Waals surface area contributed by atoms with Crippen molar-refractivity contribution in [2.75, 3.05) is 6.61 Å². The molecule has 10 atom stereocenters. The van der Waals surface area contributed by atoms with Crippen LogP contribution in [-0.2, 0) is 9.47 Å². The number of aromatic hydroxyl groups is 2. The van der Waals surface area contributed by atoms with Crippen molar-refractivity contribution in [3.8, 4) is 28.6 Å². The van der Waals surface area contributed by atoms with Crippen LogP contribution in [0.4, 0.5) is 0 Å². The van der Waals surface area contributed by atoms with E-state index >= 15 is 0 Å². The van der Waals surface area contributed by atoms with Gasteiger partial charge in [0.25, 0.3) is 0 Å². The van der Waals surface area contributed by atoms with Crippen LogP contribution in [-0.4, -0.2) is 113 Å². The van der Waals surface area contributed by atoms with Gasteiger partial charge in [-0.15, -0.1) is 0 Å². The number of benzene rings is 2. The minimum absolute atomic E-state index is 0.0105. The Hall–Kier alpha value is -3.35. The monoisotopic (exact) mass is 580 g/mol. The molecule has 3 heterocycles. The van der Waals surface area contributed by atoms with Gasteiger partial charge in [0.05, 0.1) is 12.2 Å². The molecule has 222 valence electrons. The minimum atomic E-state index is -2.05. The van der Waals surface area contributed by atoms with Crippen LogP contribution in [0.5, 0.6) is 17.2 Å². The molecule has 2 aliphatic heterocycles. The van der Waals surface area contributed by atoms with Gasteiger partial charge in [-0.1, -0.05) is 0 Å². The first-order valence-corrected chi connectivity index (χ1v) is 12.4. The van der Waals surface area contributed by atoms with Gasteiger partial charge in [0.2, 0.25) is 6.29 Å². The average Bonchev–Trinajstić information content (AvgIpc) is 2.94. The summed E-state index contributed by atoms with van der Waals surface area (Å²) in [6.07, 6.45) is -18.5. The van der Waals surface area contributed by atoms with Crippen LogP contribution in [0, 0.1) is 0 Å². The summed E-state index contributed by atoms with van der Waals surface area (Å²) >= 11 is 0. The largest absolute Gasteiger partial charge is 0.508 e. The fourth-order valence-corrected chi connectivity index (χ4v) is 4.82. The van der Waals surface area contributed by atoms with Gasteiger partial charge in [0.1, 0.15) is 82.8 Å². The zero-order chi connectivity index (χ0) is 29.7. The highest BCUT2D eigenvalue weighted by Crippen LogP contribution is 2.45. The number of hydrogen-bond acceptors (Lipinski definition) is 15. The summed E-state index contributed by atoms with van der Waals surface area (Å²) in [4.78, 5) is 13.2. The highest BCUT2D eigenvalue weighted by atomic mass is 16.7. The molecule has 3 aromatic rings. The van der Waals surface area contributed by atoms with E-state index in [1.807, 2.05) is 0 Å². The molecule has 41 heavy (non-hydrogen) atoms. The fraction of sp³-hybridized carbons (Fsp3) is 0.423. The molecule has 0 aliphatic carbocycles. The third-order valence-electron chi connectivity index (χ3n) is 7.11. The number of fused-ring (bicyclic) bond motifs is 1. The Morgan fingerprint density at radius 2 is 1.44 bits per heavy atom. The maximum atomic E-state index is 13.2. The zero-order valence-corrected chi connectivity index (χ0v) is 21.0. The predicted molar refractivity (Wildman–Crippen MR) is 133 cm³/mol. The number of ether oxygens (including phenoxy) is 3. The molecule has 15 heteroatoms. The lowest BCUT2D eigenvalue weighted by molar-refractivity contribution is -0.287. The van der Waals surface area contributed by atoms with Crippen molar-refractivity contribution < 1.29 is 69.7 Å². The third-order valence-corrected chi connectivity index (χ3v) is 7.11. The van der Waals surface area contributed by atoms with Crippen molar-refractivity contribution in [1.82, 2.24) is 0 Å². The van der Waals surface area contributed by atoms with Gasteiger partial charge >= 0.3 is 0 Å². The van der Waals surface area contributed by atoms with Crippen LogP contribution in [0.3, 0.4) is 0 Å². The first-order valence-electron chi connectivity index (χ1n) is 12.4. The summed E-state index contributed by atoms with van der Waals surface area (Å²) in [6.45, 7) is -0.785. The van der Waals surface area contributed by atoms with Crippen molar-refractivity contribution in [3.63, 3.8) is 0 Å². The lowest BCUT2D eigenvalue weighted by atomic mass is 9.91. The summed E-state index contributed by atoms with van der Waals surface area (Å²) in [5.41, 5.74) is -1.23. The molecular formula is C26H28O15. The number of aliphatic hydroxyl groups is 8. The van der Waals surface area contributed by atoms with E-state index in [4.69, 9.17) is 18.6 Å². The second-order valence-electron chi connectivity index (χ2n) is 9.77. The Bertz CT molecular complexity index is 1450. The quantitative estimate of drug-likeness (QED) is 0.150. The standard InChI is InChI=1S/C26H28O15/c27-7-14-17(30)19(32)23(36)26(40-14)39-13-6-12-15(10(29)5-11(38-12)8-1-3-9(28)4-2-8)18(31)16(13)24-21(34)20(33)22(35)25(37)41-24/h1-6,14,17,19-28,30-37H,7H2. The minimum Gasteiger partial charge on any atom is -0.508 e. The molecule has 2 aromatic carbocycles. The van der Waals surface area contributed by atoms with Crippen LogP contribution in [0.25, 0.3) is 22.3 Å². The summed E-state index contributed by atoms with van der Waals surface area (Å²) in [7, 11) is 0. The van der Waals surface area contributed by atoms with Gasteiger partial charge < -0.3 is 69.7 Å².